The molecule has 11 heteroatoms. The van der Waals surface area contributed by atoms with E-state index in [1.807, 2.05) is 19.1 Å². The lowest BCUT2D eigenvalue weighted by Gasteiger charge is -2.43. The van der Waals surface area contributed by atoms with Gasteiger partial charge in [0.25, 0.3) is 0 Å². The van der Waals surface area contributed by atoms with Gasteiger partial charge in [-0.2, -0.15) is 5.10 Å². The van der Waals surface area contributed by atoms with Gasteiger partial charge in [0, 0.05) is 47.5 Å². The maximum atomic E-state index is 12.5. The zero-order chi connectivity index (χ0) is 25.5. The van der Waals surface area contributed by atoms with Gasteiger partial charge in [-0.15, -0.1) is 0 Å². The number of H-pyrrole nitrogens is 1. The molecule has 11 nitrogen and oxygen atoms in total. The molecule has 4 atom stereocenters. The number of carbonyl (C=O) groups excluding carboxylic acids is 2. The van der Waals surface area contributed by atoms with E-state index in [4.69, 9.17) is 14.5 Å². The van der Waals surface area contributed by atoms with Crippen molar-refractivity contribution in [2.24, 2.45) is 0 Å². The maximum absolute atomic E-state index is 12.5. The van der Waals surface area contributed by atoms with Gasteiger partial charge in [-0.3, -0.25) is 19.8 Å². The van der Waals surface area contributed by atoms with Crippen LogP contribution >= 0.6 is 0 Å². The van der Waals surface area contributed by atoms with Gasteiger partial charge < -0.3 is 20.1 Å². The highest BCUT2D eigenvalue weighted by molar-refractivity contribution is 5.98. The third-order valence-electron chi connectivity index (χ3n) is 7.69. The summed E-state index contributed by atoms with van der Waals surface area (Å²) in [4.78, 5) is 36.5. The van der Waals surface area contributed by atoms with Gasteiger partial charge in [-0.25, -0.2) is 9.78 Å². The average Bonchev–Trinajstić information content (AvgIpc) is 3.42. The monoisotopic (exact) mass is 505 g/mol. The van der Waals surface area contributed by atoms with Crippen molar-refractivity contribution in [1.29, 1.82) is 0 Å². The van der Waals surface area contributed by atoms with Crippen molar-refractivity contribution in [2.45, 2.75) is 69.6 Å². The molecule has 6 rings (SSSR count). The van der Waals surface area contributed by atoms with Gasteiger partial charge in [0.2, 0.25) is 0 Å². The molecule has 194 valence electrons. The summed E-state index contributed by atoms with van der Waals surface area (Å²) in [5.74, 6) is 1.40. The molecule has 1 unspecified atom stereocenters. The summed E-state index contributed by atoms with van der Waals surface area (Å²) in [6, 6.07) is 6.22. The van der Waals surface area contributed by atoms with Gasteiger partial charge in [-0.1, -0.05) is 0 Å². The van der Waals surface area contributed by atoms with Gasteiger partial charge in [0.05, 0.1) is 24.8 Å². The van der Waals surface area contributed by atoms with Gasteiger partial charge in [0.1, 0.15) is 17.7 Å². The number of aryl methyl sites for hydroxylation is 1. The number of anilines is 3. The van der Waals surface area contributed by atoms with Crippen molar-refractivity contribution in [3.05, 3.63) is 35.7 Å². The van der Waals surface area contributed by atoms with Crippen molar-refractivity contribution in [2.75, 3.05) is 24.4 Å². The van der Waals surface area contributed by atoms with E-state index < -0.39 is 5.97 Å². The van der Waals surface area contributed by atoms with Gasteiger partial charge in [-0.05, 0) is 51.5 Å². The Hall–Kier alpha value is -3.73. The van der Waals surface area contributed by atoms with E-state index in [9.17, 15) is 9.59 Å². The van der Waals surface area contributed by atoms with Crippen molar-refractivity contribution in [1.82, 2.24) is 25.1 Å². The molecule has 37 heavy (non-hydrogen) atoms. The third-order valence-corrected chi connectivity index (χ3v) is 7.69. The van der Waals surface area contributed by atoms with Gasteiger partial charge in [0.15, 0.2) is 5.82 Å². The Morgan fingerprint density at radius 2 is 1.97 bits per heavy atom. The first-order valence-electron chi connectivity index (χ1n) is 12.9. The molecule has 0 saturated carbocycles. The molecule has 3 N–H and O–H groups in total. The van der Waals surface area contributed by atoms with E-state index >= 15 is 0 Å². The van der Waals surface area contributed by atoms with Crippen LogP contribution in [0.25, 0.3) is 10.9 Å². The average molecular weight is 506 g/mol. The van der Waals surface area contributed by atoms with Crippen LogP contribution in [0.4, 0.5) is 17.5 Å². The molecule has 3 aliphatic heterocycles. The lowest BCUT2D eigenvalue weighted by molar-refractivity contribution is -0.157. The fourth-order valence-electron chi connectivity index (χ4n) is 6.11. The number of carbonyl (C=O) groups is 2. The zero-order valence-electron chi connectivity index (χ0n) is 21.0. The number of hydrogen-bond acceptors (Lipinski definition) is 10. The number of fused-ring (bicyclic) bond motifs is 3. The number of cyclic esters (lactones) is 1. The smallest absolute Gasteiger partial charge is 0.339 e. The number of piperidine rings is 1. The first kappa shape index (κ1) is 23.7. The van der Waals surface area contributed by atoms with E-state index in [1.165, 1.54) is 13.3 Å². The Morgan fingerprint density at radius 1 is 1.16 bits per heavy atom. The Morgan fingerprint density at radius 3 is 2.68 bits per heavy atom. The molecule has 0 amide bonds. The number of pyridine rings is 2. The number of rotatable bonds is 6. The molecule has 0 spiro atoms. The molecule has 0 aliphatic carbocycles. The Balaban J connectivity index is 1.29. The number of hydrogen-bond donors (Lipinski definition) is 3. The second kappa shape index (κ2) is 9.62. The summed E-state index contributed by atoms with van der Waals surface area (Å²) in [6.07, 6.45) is 7.28. The lowest BCUT2D eigenvalue weighted by atomic mass is 9.93. The fourth-order valence-corrected chi connectivity index (χ4v) is 6.11. The molecule has 6 heterocycles. The van der Waals surface area contributed by atoms with Crippen LogP contribution in [-0.4, -0.2) is 74.9 Å². The Labute approximate surface area is 214 Å². The Kier molecular flexibility index (Phi) is 6.15. The number of ether oxygens (including phenoxy) is 2. The van der Waals surface area contributed by atoms with E-state index in [-0.39, 0.29) is 18.1 Å². The van der Waals surface area contributed by atoms with Crippen molar-refractivity contribution in [3.63, 3.8) is 0 Å². The highest BCUT2D eigenvalue weighted by atomic mass is 16.5. The number of esters is 2. The minimum absolute atomic E-state index is 0.0731. The number of methoxy groups -OCH3 is 1. The second-order valence-electron chi connectivity index (χ2n) is 10.2. The first-order chi connectivity index (χ1) is 18.0. The number of nitrogens with zero attached hydrogens (tertiary/aromatic N) is 4. The molecule has 3 aromatic heterocycles. The Bertz CT molecular complexity index is 1330. The molecule has 3 saturated heterocycles. The van der Waals surface area contributed by atoms with Crippen LogP contribution in [0.2, 0.25) is 0 Å². The van der Waals surface area contributed by atoms with Crippen LogP contribution in [-0.2, 0) is 14.3 Å². The highest BCUT2D eigenvalue weighted by Gasteiger charge is 2.47. The van der Waals surface area contributed by atoms with E-state index in [0.717, 1.165) is 49.6 Å². The number of nitrogens with one attached hydrogen (secondary N) is 3. The highest BCUT2D eigenvalue weighted by Crippen LogP contribution is 2.40. The summed E-state index contributed by atoms with van der Waals surface area (Å²) in [5.41, 5.74) is 2.01. The van der Waals surface area contributed by atoms with Crippen LogP contribution in [0.1, 0.15) is 54.6 Å². The predicted molar refractivity (Wildman–Crippen MR) is 137 cm³/mol. The zero-order valence-corrected chi connectivity index (χ0v) is 21.0. The minimum atomic E-state index is -0.444. The first-order valence-corrected chi connectivity index (χ1v) is 12.9. The molecule has 3 aliphatic rings. The maximum Gasteiger partial charge on any atom is 0.339 e. The summed E-state index contributed by atoms with van der Waals surface area (Å²) >= 11 is 0. The largest absolute Gasteiger partial charge is 0.465 e. The molecule has 0 radical (unpaired) electrons. The molecule has 3 fully saturated rings. The second-order valence-corrected chi connectivity index (χ2v) is 10.2. The summed E-state index contributed by atoms with van der Waals surface area (Å²) < 4.78 is 10.3. The number of aromatic nitrogens is 4. The quantitative estimate of drug-likeness (QED) is 0.428. The van der Waals surface area contributed by atoms with Crippen molar-refractivity contribution >= 4 is 40.3 Å². The van der Waals surface area contributed by atoms with E-state index in [1.54, 1.807) is 6.07 Å². The van der Waals surface area contributed by atoms with Gasteiger partial charge >= 0.3 is 11.9 Å². The topological polar surface area (TPSA) is 134 Å². The summed E-state index contributed by atoms with van der Waals surface area (Å²) in [7, 11) is 1.36. The third kappa shape index (κ3) is 4.59. The summed E-state index contributed by atoms with van der Waals surface area (Å²) in [5, 5.41) is 14.8. The molecular weight excluding hydrogens is 474 g/mol. The summed E-state index contributed by atoms with van der Waals surface area (Å²) in [6.45, 7) is 2.47. The van der Waals surface area contributed by atoms with Crippen LogP contribution in [0.5, 0.6) is 0 Å². The molecule has 2 bridgehead atoms. The van der Waals surface area contributed by atoms with E-state index in [2.05, 4.69) is 30.7 Å². The SMILES string of the molecule is COC(=O)c1cnc2cc(Nc3cc(C)[nH]n3)nc(N[C@H]3C[C@H]4CC[C@@H](C3)N4C3CCCOC3=O)c2c1. The van der Waals surface area contributed by atoms with Crippen molar-refractivity contribution in [3.8, 4) is 0 Å². The number of aromatic amines is 1. The lowest BCUT2D eigenvalue weighted by Crippen LogP contribution is -2.55. The van der Waals surface area contributed by atoms with E-state index in [0.29, 0.717) is 47.2 Å². The van der Waals surface area contributed by atoms with Crippen LogP contribution in [0.15, 0.2) is 24.4 Å². The van der Waals surface area contributed by atoms with Crippen LogP contribution in [0, 0.1) is 6.92 Å². The fraction of sp³-hybridized carbons (Fsp3) is 0.500. The normalized spacial score (nSPS) is 25.6. The molecule has 0 aromatic carbocycles. The molecular formula is C26H31N7O4. The van der Waals surface area contributed by atoms with Crippen molar-refractivity contribution < 1.29 is 19.1 Å². The van der Waals surface area contributed by atoms with Crippen LogP contribution in [0.3, 0.4) is 0 Å². The standard InChI is InChI=1S/C26H31N7O4/c1-14-8-23(32-31-14)29-22-12-20-19(9-15(13-27-20)25(34)36-2)24(30-22)28-16-10-17-5-6-18(11-16)33(17)21-4-3-7-37-26(21)35/h8-9,12-13,16-18,21H,3-7,10-11H2,1-2H3,(H3,28,29,30,31,32)/t16-,17+,18-,21?. The van der Waals surface area contributed by atoms with Crippen LogP contribution < -0.4 is 10.6 Å². The predicted octanol–water partition coefficient (Wildman–Crippen LogP) is 3.30. The molecule has 3 aromatic rings. The minimum Gasteiger partial charge on any atom is -0.465 e.